The van der Waals surface area contributed by atoms with Crippen molar-refractivity contribution in [1.82, 2.24) is 20.6 Å². The van der Waals surface area contributed by atoms with Crippen LogP contribution >= 0.6 is 0 Å². The Morgan fingerprint density at radius 2 is 2.07 bits per heavy atom. The summed E-state index contributed by atoms with van der Waals surface area (Å²) < 4.78 is 5.08. The fraction of sp³-hybridized carbons (Fsp3) is 0. The normalized spacial score (nSPS) is 9.71. The molecule has 70 valence electrons. The molecule has 0 unspecified atom stereocenters. The second-order valence-electron chi connectivity index (χ2n) is 2.54. The molecule has 1 aromatic carbocycles. The Kier molecular flexibility index (Phi) is 2.22. The Morgan fingerprint density at radius 1 is 1.29 bits per heavy atom. The van der Waals surface area contributed by atoms with Gasteiger partial charge in [0.2, 0.25) is 5.82 Å². The SMILES string of the molecule is C=COc1ccc(-c2nn[nH]n2)cc1. The largest absolute Gasteiger partial charge is 0.466 e. The molecule has 0 amide bonds. The fourth-order valence-corrected chi connectivity index (χ4v) is 1.06. The average Bonchev–Trinajstić information content (AvgIpc) is 2.72. The van der Waals surface area contributed by atoms with Crippen LogP contribution in [-0.4, -0.2) is 20.6 Å². The number of hydrogen-bond acceptors (Lipinski definition) is 4. The molecule has 0 fully saturated rings. The van der Waals surface area contributed by atoms with Crippen LogP contribution in [0.5, 0.6) is 5.75 Å². The molecule has 0 atom stereocenters. The number of aromatic nitrogens is 4. The van der Waals surface area contributed by atoms with Gasteiger partial charge < -0.3 is 4.74 Å². The number of ether oxygens (including phenoxy) is 1. The molecule has 0 saturated heterocycles. The maximum Gasteiger partial charge on any atom is 0.204 e. The van der Waals surface area contributed by atoms with E-state index in [0.717, 1.165) is 11.3 Å². The highest BCUT2D eigenvalue weighted by Gasteiger charge is 2.01. The number of hydrogen-bond donors (Lipinski definition) is 1. The van der Waals surface area contributed by atoms with Crippen LogP contribution in [0.15, 0.2) is 37.1 Å². The van der Waals surface area contributed by atoms with Gasteiger partial charge in [0.15, 0.2) is 0 Å². The van der Waals surface area contributed by atoms with E-state index in [0.29, 0.717) is 5.82 Å². The molecular weight excluding hydrogens is 180 g/mol. The molecule has 1 aromatic heterocycles. The quantitative estimate of drug-likeness (QED) is 0.739. The van der Waals surface area contributed by atoms with Gasteiger partial charge in [0.1, 0.15) is 5.75 Å². The number of nitrogens with zero attached hydrogens (tertiary/aromatic N) is 3. The van der Waals surface area contributed by atoms with Crippen molar-refractivity contribution in [3.05, 3.63) is 37.1 Å². The van der Waals surface area contributed by atoms with Crippen molar-refractivity contribution in [2.75, 3.05) is 0 Å². The van der Waals surface area contributed by atoms with Gasteiger partial charge >= 0.3 is 0 Å². The number of benzene rings is 1. The summed E-state index contributed by atoms with van der Waals surface area (Å²) in [4.78, 5) is 0. The molecule has 1 heterocycles. The Morgan fingerprint density at radius 3 is 2.64 bits per heavy atom. The van der Waals surface area contributed by atoms with Gasteiger partial charge in [-0.2, -0.15) is 5.21 Å². The lowest BCUT2D eigenvalue weighted by molar-refractivity contribution is 0.483. The van der Waals surface area contributed by atoms with Gasteiger partial charge in [-0.25, -0.2) is 0 Å². The van der Waals surface area contributed by atoms with Crippen molar-refractivity contribution in [1.29, 1.82) is 0 Å². The van der Waals surface area contributed by atoms with Crippen LogP contribution in [0.2, 0.25) is 0 Å². The van der Waals surface area contributed by atoms with E-state index in [-0.39, 0.29) is 0 Å². The molecule has 0 bridgehead atoms. The van der Waals surface area contributed by atoms with Gasteiger partial charge in [-0.3, -0.25) is 0 Å². The highest BCUT2D eigenvalue weighted by Crippen LogP contribution is 2.18. The predicted molar refractivity (Wildman–Crippen MR) is 50.4 cm³/mol. The van der Waals surface area contributed by atoms with E-state index in [4.69, 9.17) is 4.74 Å². The smallest absolute Gasteiger partial charge is 0.204 e. The lowest BCUT2D eigenvalue weighted by Crippen LogP contribution is -1.83. The van der Waals surface area contributed by atoms with E-state index in [2.05, 4.69) is 27.2 Å². The topological polar surface area (TPSA) is 63.7 Å². The van der Waals surface area contributed by atoms with Crippen molar-refractivity contribution >= 4 is 0 Å². The number of tetrazole rings is 1. The van der Waals surface area contributed by atoms with Crippen LogP contribution in [0.1, 0.15) is 0 Å². The lowest BCUT2D eigenvalue weighted by Gasteiger charge is -1.99. The summed E-state index contributed by atoms with van der Waals surface area (Å²) in [6.07, 6.45) is 1.38. The summed E-state index contributed by atoms with van der Waals surface area (Å²) in [5, 5.41) is 13.6. The minimum Gasteiger partial charge on any atom is -0.466 e. The first-order valence-corrected chi connectivity index (χ1v) is 4.01. The van der Waals surface area contributed by atoms with Gasteiger partial charge in [-0.05, 0) is 29.5 Å². The number of aromatic amines is 1. The molecule has 0 aliphatic heterocycles. The molecule has 2 rings (SSSR count). The maximum atomic E-state index is 5.08. The van der Waals surface area contributed by atoms with Gasteiger partial charge in [0.25, 0.3) is 0 Å². The summed E-state index contributed by atoms with van der Waals surface area (Å²) in [5.74, 6) is 1.29. The molecule has 0 saturated carbocycles. The third-order valence-electron chi connectivity index (χ3n) is 1.68. The highest BCUT2D eigenvalue weighted by atomic mass is 16.5. The van der Waals surface area contributed by atoms with Crippen molar-refractivity contribution in [3.63, 3.8) is 0 Å². The molecule has 14 heavy (non-hydrogen) atoms. The van der Waals surface area contributed by atoms with Crippen LogP contribution in [0.3, 0.4) is 0 Å². The van der Waals surface area contributed by atoms with Crippen molar-refractivity contribution in [2.24, 2.45) is 0 Å². The second kappa shape index (κ2) is 3.69. The van der Waals surface area contributed by atoms with E-state index in [1.54, 1.807) is 0 Å². The summed E-state index contributed by atoms with van der Waals surface area (Å²) >= 11 is 0. The highest BCUT2D eigenvalue weighted by molar-refractivity contribution is 5.54. The zero-order valence-corrected chi connectivity index (χ0v) is 7.34. The fourth-order valence-electron chi connectivity index (χ4n) is 1.06. The predicted octanol–water partition coefficient (Wildman–Crippen LogP) is 1.39. The molecule has 5 heteroatoms. The van der Waals surface area contributed by atoms with Crippen molar-refractivity contribution in [3.8, 4) is 17.1 Å². The van der Waals surface area contributed by atoms with Gasteiger partial charge in [0, 0.05) is 5.56 Å². The standard InChI is InChI=1S/C9H8N4O/c1-2-14-8-5-3-7(4-6-8)9-10-12-13-11-9/h2-6H,1H2,(H,10,11,12,13). The van der Waals surface area contributed by atoms with Crippen LogP contribution in [0.4, 0.5) is 0 Å². The molecule has 2 aromatic rings. The molecule has 0 aliphatic rings. The Balaban J connectivity index is 2.26. The van der Waals surface area contributed by atoms with Crippen molar-refractivity contribution in [2.45, 2.75) is 0 Å². The van der Waals surface area contributed by atoms with Crippen molar-refractivity contribution < 1.29 is 4.74 Å². The Bertz CT molecular complexity index is 407. The first-order valence-electron chi connectivity index (χ1n) is 4.01. The first-order chi connectivity index (χ1) is 6.90. The summed E-state index contributed by atoms with van der Waals surface area (Å²) in [7, 11) is 0. The van der Waals surface area contributed by atoms with E-state index < -0.39 is 0 Å². The third kappa shape index (κ3) is 1.61. The van der Waals surface area contributed by atoms with Crippen LogP contribution < -0.4 is 4.74 Å². The minimum atomic E-state index is 0.565. The van der Waals surface area contributed by atoms with Crippen LogP contribution in [-0.2, 0) is 0 Å². The van der Waals surface area contributed by atoms with E-state index in [1.165, 1.54) is 6.26 Å². The minimum absolute atomic E-state index is 0.565. The van der Waals surface area contributed by atoms with Gasteiger partial charge in [-0.15, -0.1) is 10.2 Å². The van der Waals surface area contributed by atoms with Crippen LogP contribution in [0.25, 0.3) is 11.4 Å². The molecule has 1 N–H and O–H groups in total. The summed E-state index contributed by atoms with van der Waals surface area (Å²) in [5.41, 5.74) is 0.884. The molecule has 0 aliphatic carbocycles. The summed E-state index contributed by atoms with van der Waals surface area (Å²) in [6.45, 7) is 3.47. The Hall–Kier alpha value is -2.17. The third-order valence-corrected chi connectivity index (χ3v) is 1.68. The van der Waals surface area contributed by atoms with E-state index >= 15 is 0 Å². The number of nitrogens with one attached hydrogen (secondary N) is 1. The zero-order chi connectivity index (χ0) is 9.80. The molecule has 5 nitrogen and oxygen atoms in total. The number of rotatable bonds is 3. The average molecular weight is 188 g/mol. The monoisotopic (exact) mass is 188 g/mol. The van der Waals surface area contributed by atoms with Gasteiger partial charge in [-0.1, -0.05) is 6.58 Å². The zero-order valence-electron chi connectivity index (χ0n) is 7.34. The summed E-state index contributed by atoms with van der Waals surface area (Å²) in [6, 6.07) is 7.33. The Labute approximate surface area is 80.4 Å². The molecule has 0 radical (unpaired) electrons. The number of H-pyrrole nitrogens is 1. The van der Waals surface area contributed by atoms with E-state index in [1.807, 2.05) is 24.3 Å². The molecular formula is C9H8N4O. The molecule has 0 spiro atoms. The first kappa shape index (κ1) is 8.43. The second-order valence-corrected chi connectivity index (χ2v) is 2.54. The van der Waals surface area contributed by atoms with Crippen LogP contribution in [0, 0.1) is 0 Å². The van der Waals surface area contributed by atoms with Gasteiger partial charge in [0.05, 0.1) is 6.26 Å². The van der Waals surface area contributed by atoms with E-state index in [9.17, 15) is 0 Å². The lowest BCUT2D eigenvalue weighted by atomic mass is 10.2. The maximum absolute atomic E-state index is 5.08.